The van der Waals surface area contributed by atoms with E-state index < -0.39 is 0 Å². The van der Waals surface area contributed by atoms with Gasteiger partial charge in [0.15, 0.2) is 10.8 Å². The Balaban J connectivity index is 0.00000300. The van der Waals surface area contributed by atoms with Crippen LogP contribution in [0.5, 0.6) is 0 Å². The number of anilines is 1. The van der Waals surface area contributed by atoms with Crippen LogP contribution in [0.15, 0.2) is 34.9 Å². The first kappa shape index (κ1) is 23.8. The lowest BCUT2D eigenvalue weighted by molar-refractivity contribution is 0.0978. The number of aromatic nitrogens is 3. The summed E-state index contributed by atoms with van der Waals surface area (Å²) < 4.78 is 3.87. The molecule has 158 valence electrons. The molecule has 6 nitrogen and oxygen atoms in total. The summed E-state index contributed by atoms with van der Waals surface area (Å²) in [5.41, 5.74) is 1.35. The van der Waals surface area contributed by atoms with Crippen LogP contribution in [0.3, 0.4) is 0 Å². The smallest absolute Gasteiger partial charge is 0.280 e. The molecule has 0 aliphatic rings. The van der Waals surface area contributed by atoms with Crippen LogP contribution < -0.4 is 4.90 Å². The molecule has 1 aromatic carbocycles. The molecule has 1 amide bonds. The number of hydrogen-bond acceptors (Lipinski definition) is 5. The van der Waals surface area contributed by atoms with Crippen molar-refractivity contribution >= 4 is 60.9 Å². The van der Waals surface area contributed by atoms with Crippen molar-refractivity contribution in [1.29, 1.82) is 0 Å². The van der Waals surface area contributed by atoms with Crippen LogP contribution in [-0.4, -0.2) is 51.8 Å². The molecule has 3 aromatic rings. The van der Waals surface area contributed by atoms with Crippen molar-refractivity contribution < 1.29 is 4.79 Å². The second-order valence-corrected chi connectivity index (χ2v) is 8.79. The van der Waals surface area contributed by atoms with E-state index in [0.717, 1.165) is 34.3 Å². The summed E-state index contributed by atoms with van der Waals surface area (Å²) in [6.07, 6.45) is 1.86. The number of carbonyl (C=O) groups is 1. The van der Waals surface area contributed by atoms with Crippen molar-refractivity contribution in [2.24, 2.45) is 0 Å². The summed E-state index contributed by atoms with van der Waals surface area (Å²) in [5, 5.41) is 5.19. The van der Waals surface area contributed by atoms with E-state index in [1.165, 1.54) is 11.3 Å². The van der Waals surface area contributed by atoms with E-state index in [4.69, 9.17) is 4.98 Å². The molecule has 2 aromatic heterocycles. The number of halogens is 2. The summed E-state index contributed by atoms with van der Waals surface area (Å²) in [5.74, 6) is -0.107. The van der Waals surface area contributed by atoms with Gasteiger partial charge in [-0.25, -0.2) is 4.98 Å². The number of carbonyl (C=O) groups excluding carboxylic acids is 1. The minimum atomic E-state index is -0.107. The molecule has 0 fully saturated rings. The number of amides is 1. The Labute approximate surface area is 190 Å². The highest BCUT2D eigenvalue weighted by atomic mass is 79.9. The lowest BCUT2D eigenvalue weighted by Crippen LogP contribution is -2.39. The van der Waals surface area contributed by atoms with Crippen molar-refractivity contribution in [2.75, 3.05) is 31.1 Å². The SMILES string of the molecule is CCN(CC)CCN(C(=O)c1ccn(C(C)C)n1)c1nc2ccc(Br)cc2s1.Cl. The van der Waals surface area contributed by atoms with Gasteiger partial charge in [0.2, 0.25) is 0 Å². The van der Waals surface area contributed by atoms with Crippen molar-refractivity contribution in [3.8, 4) is 0 Å². The molecule has 0 saturated carbocycles. The Morgan fingerprint density at radius 2 is 1.93 bits per heavy atom. The van der Waals surface area contributed by atoms with Gasteiger partial charge in [0, 0.05) is 29.8 Å². The van der Waals surface area contributed by atoms with Crippen LogP contribution in [0.4, 0.5) is 5.13 Å². The zero-order valence-electron chi connectivity index (χ0n) is 17.1. The summed E-state index contributed by atoms with van der Waals surface area (Å²) in [6, 6.07) is 7.98. The van der Waals surface area contributed by atoms with Gasteiger partial charge in [-0.05, 0) is 51.2 Å². The number of nitrogens with zero attached hydrogens (tertiary/aromatic N) is 5. The normalized spacial score (nSPS) is 11.3. The van der Waals surface area contributed by atoms with E-state index in [2.05, 4.69) is 39.8 Å². The molecule has 0 unspecified atom stereocenters. The highest BCUT2D eigenvalue weighted by Gasteiger charge is 2.24. The van der Waals surface area contributed by atoms with E-state index in [1.54, 1.807) is 11.0 Å². The molecule has 0 radical (unpaired) electrons. The van der Waals surface area contributed by atoms with E-state index in [9.17, 15) is 4.79 Å². The van der Waals surface area contributed by atoms with Gasteiger partial charge in [-0.2, -0.15) is 5.10 Å². The van der Waals surface area contributed by atoms with E-state index in [0.29, 0.717) is 17.4 Å². The van der Waals surface area contributed by atoms with Crippen molar-refractivity contribution in [1.82, 2.24) is 19.7 Å². The van der Waals surface area contributed by atoms with Crippen LogP contribution in [0.25, 0.3) is 10.2 Å². The van der Waals surface area contributed by atoms with Gasteiger partial charge in [-0.3, -0.25) is 14.4 Å². The molecule has 2 heterocycles. The summed E-state index contributed by atoms with van der Waals surface area (Å²) in [4.78, 5) is 22.1. The maximum Gasteiger partial charge on any atom is 0.280 e. The Morgan fingerprint density at radius 1 is 1.21 bits per heavy atom. The summed E-state index contributed by atoms with van der Waals surface area (Å²) in [7, 11) is 0. The molecule has 0 bridgehead atoms. The number of hydrogen-bond donors (Lipinski definition) is 0. The minimum absolute atomic E-state index is 0. The van der Waals surface area contributed by atoms with Crippen molar-refractivity contribution in [3.63, 3.8) is 0 Å². The molecular formula is C20H27BrClN5OS. The average Bonchev–Trinajstić information content (AvgIpc) is 3.31. The van der Waals surface area contributed by atoms with Crippen LogP contribution in [-0.2, 0) is 0 Å². The van der Waals surface area contributed by atoms with E-state index >= 15 is 0 Å². The van der Waals surface area contributed by atoms with Gasteiger partial charge >= 0.3 is 0 Å². The summed E-state index contributed by atoms with van der Waals surface area (Å²) in [6.45, 7) is 11.6. The fourth-order valence-corrected chi connectivity index (χ4v) is 4.49. The fourth-order valence-electron chi connectivity index (χ4n) is 2.95. The lowest BCUT2D eigenvalue weighted by atomic mass is 10.3. The number of thiazole rings is 1. The number of benzene rings is 1. The second-order valence-electron chi connectivity index (χ2n) is 6.87. The van der Waals surface area contributed by atoms with Crippen molar-refractivity contribution in [3.05, 3.63) is 40.6 Å². The van der Waals surface area contributed by atoms with E-state index in [1.807, 2.05) is 42.9 Å². The maximum absolute atomic E-state index is 13.3. The molecule has 29 heavy (non-hydrogen) atoms. The molecule has 3 rings (SSSR count). The molecule has 0 atom stereocenters. The Hall–Kier alpha value is -1.48. The minimum Gasteiger partial charge on any atom is -0.302 e. The third-order valence-electron chi connectivity index (χ3n) is 4.71. The molecule has 0 spiro atoms. The number of likely N-dealkylation sites (N-methyl/N-ethyl adjacent to an activating group) is 1. The third kappa shape index (κ3) is 5.57. The molecule has 0 saturated heterocycles. The standard InChI is InChI=1S/C20H26BrN5OS.ClH/c1-5-24(6-2)11-12-25(19(27)17-9-10-26(23-17)14(3)4)20-22-16-8-7-15(21)13-18(16)28-20;/h7-10,13-14H,5-6,11-12H2,1-4H3;1H. The lowest BCUT2D eigenvalue weighted by Gasteiger charge is -2.24. The van der Waals surface area contributed by atoms with Gasteiger partial charge in [-0.15, -0.1) is 12.4 Å². The van der Waals surface area contributed by atoms with Crippen molar-refractivity contribution in [2.45, 2.75) is 33.7 Å². The molecule has 0 aliphatic heterocycles. The zero-order chi connectivity index (χ0) is 20.3. The largest absolute Gasteiger partial charge is 0.302 e. The van der Waals surface area contributed by atoms with Crippen LogP contribution in [0.2, 0.25) is 0 Å². The fraction of sp³-hybridized carbons (Fsp3) is 0.450. The van der Waals surface area contributed by atoms with Gasteiger partial charge in [-0.1, -0.05) is 41.1 Å². The Bertz CT molecular complexity index is 953. The van der Waals surface area contributed by atoms with Gasteiger partial charge in [0.25, 0.3) is 5.91 Å². The first-order valence-corrected chi connectivity index (χ1v) is 11.2. The second kappa shape index (κ2) is 10.5. The van der Waals surface area contributed by atoms with Crippen LogP contribution >= 0.6 is 39.7 Å². The molecule has 9 heteroatoms. The quantitative estimate of drug-likeness (QED) is 0.424. The predicted molar refractivity (Wildman–Crippen MR) is 127 cm³/mol. The molecule has 0 aliphatic carbocycles. The van der Waals surface area contributed by atoms with Gasteiger partial charge < -0.3 is 4.90 Å². The van der Waals surface area contributed by atoms with Gasteiger partial charge in [0.05, 0.1) is 10.2 Å². The number of fused-ring (bicyclic) bond motifs is 1. The maximum atomic E-state index is 13.3. The monoisotopic (exact) mass is 499 g/mol. The molecule has 0 N–H and O–H groups in total. The van der Waals surface area contributed by atoms with Crippen LogP contribution in [0.1, 0.15) is 44.2 Å². The highest BCUT2D eigenvalue weighted by molar-refractivity contribution is 9.10. The highest BCUT2D eigenvalue weighted by Crippen LogP contribution is 2.31. The molecular weight excluding hydrogens is 474 g/mol. The van der Waals surface area contributed by atoms with Gasteiger partial charge in [0.1, 0.15) is 0 Å². The Morgan fingerprint density at radius 3 is 2.55 bits per heavy atom. The third-order valence-corrected chi connectivity index (χ3v) is 6.24. The Kier molecular flexibility index (Phi) is 8.63. The van der Waals surface area contributed by atoms with E-state index in [-0.39, 0.29) is 24.4 Å². The zero-order valence-corrected chi connectivity index (χ0v) is 20.4. The summed E-state index contributed by atoms with van der Waals surface area (Å²) >= 11 is 5.04. The van der Waals surface area contributed by atoms with Crippen LogP contribution in [0, 0.1) is 0 Å². The predicted octanol–water partition coefficient (Wildman–Crippen LogP) is 5.25. The number of rotatable bonds is 8. The average molecular weight is 501 g/mol. The topological polar surface area (TPSA) is 54.3 Å². The first-order valence-electron chi connectivity index (χ1n) is 9.58. The first-order chi connectivity index (χ1) is 13.4.